The van der Waals surface area contributed by atoms with Crippen LogP contribution in [0.3, 0.4) is 0 Å². The minimum absolute atomic E-state index is 0.317. The van der Waals surface area contributed by atoms with E-state index in [4.69, 9.17) is 16.4 Å². The van der Waals surface area contributed by atoms with Gasteiger partial charge < -0.3 is 5.11 Å². The second-order valence-electron chi connectivity index (χ2n) is 3.78. The van der Waals surface area contributed by atoms with Gasteiger partial charge in [0.15, 0.2) is 6.23 Å². The standard InChI is InChI=1S/C12H18ClN3O2/c1-8(13)15-10-6-5-9(7-11(10)14-2)12(17)16(3)18-4/h5-8,12,17H,1-4H3. The van der Waals surface area contributed by atoms with Crippen molar-refractivity contribution in [1.29, 1.82) is 0 Å². The van der Waals surface area contributed by atoms with E-state index in [0.717, 1.165) is 0 Å². The molecule has 18 heavy (non-hydrogen) atoms. The lowest BCUT2D eigenvalue weighted by Gasteiger charge is -2.23. The summed E-state index contributed by atoms with van der Waals surface area (Å²) in [7, 11) is 4.81. The second kappa shape index (κ2) is 6.80. The van der Waals surface area contributed by atoms with Crippen LogP contribution in [0.5, 0.6) is 0 Å². The molecule has 0 heterocycles. The molecule has 1 aliphatic carbocycles. The first kappa shape index (κ1) is 15.0. The summed E-state index contributed by atoms with van der Waals surface area (Å²) in [5.74, 6) is 0. The predicted octanol–water partition coefficient (Wildman–Crippen LogP) is 1.39. The summed E-state index contributed by atoms with van der Waals surface area (Å²) in [4.78, 5) is 13.3. The van der Waals surface area contributed by atoms with E-state index in [9.17, 15) is 5.11 Å². The number of aliphatic hydroxyl groups is 1. The van der Waals surface area contributed by atoms with Crippen LogP contribution in [0.2, 0.25) is 0 Å². The highest BCUT2D eigenvalue weighted by atomic mass is 35.5. The van der Waals surface area contributed by atoms with E-state index in [1.54, 1.807) is 39.2 Å². The van der Waals surface area contributed by atoms with E-state index >= 15 is 0 Å². The van der Waals surface area contributed by atoms with Gasteiger partial charge >= 0.3 is 0 Å². The van der Waals surface area contributed by atoms with Crippen LogP contribution in [0.4, 0.5) is 0 Å². The number of hydroxylamine groups is 2. The Kier molecular flexibility index (Phi) is 5.68. The van der Waals surface area contributed by atoms with Gasteiger partial charge in [0.2, 0.25) is 0 Å². The zero-order valence-electron chi connectivity index (χ0n) is 11.0. The van der Waals surface area contributed by atoms with Crippen molar-refractivity contribution in [3.63, 3.8) is 0 Å². The third-order valence-corrected chi connectivity index (χ3v) is 2.59. The average molecular weight is 272 g/mol. The number of nitrogens with zero attached hydrogens (tertiary/aromatic N) is 3. The van der Waals surface area contributed by atoms with Crippen molar-refractivity contribution >= 4 is 23.0 Å². The molecule has 2 atom stereocenters. The number of halogens is 1. The predicted molar refractivity (Wildman–Crippen MR) is 74.1 cm³/mol. The van der Waals surface area contributed by atoms with Crippen LogP contribution in [-0.4, -0.2) is 54.5 Å². The summed E-state index contributed by atoms with van der Waals surface area (Å²) in [6.45, 7) is 1.78. The monoisotopic (exact) mass is 271 g/mol. The van der Waals surface area contributed by atoms with Crippen molar-refractivity contribution in [1.82, 2.24) is 5.06 Å². The lowest BCUT2D eigenvalue weighted by atomic mass is 10.0. The molecule has 5 nitrogen and oxygen atoms in total. The van der Waals surface area contributed by atoms with Gasteiger partial charge in [-0.2, -0.15) is 5.06 Å². The Hall–Kier alpha value is -1.01. The van der Waals surface area contributed by atoms with Crippen molar-refractivity contribution in [2.45, 2.75) is 18.7 Å². The summed E-state index contributed by atoms with van der Waals surface area (Å²) >= 11 is 5.83. The van der Waals surface area contributed by atoms with Crippen molar-refractivity contribution in [2.24, 2.45) is 9.98 Å². The summed E-state index contributed by atoms with van der Waals surface area (Å²) in [5, 5.41) is 11.3. The van der Waals surface area contributed by atoms with Crippen LogP contribution >= 0.6 is 11.6 Å². The molecule has 0 aliphatic heterocycles. The van der Waals surface area contributed by atoms with Gasteiger partial charge in [0.05, 0.1) is 18.5 Å². The number of rotatable bonds is 4. The molecule has 0 amide bonds. The molecule has 0 aromatic heterocycles. The Bertz CT molecular complexity index is 414. The van der Waals surface area contributed by atoms with E-state index in [2.05, 4.69) is 9.98 Å². The molecule has 6 heteroatoms. The van der Waals surface area contributed by atoms with Crippen molar-refractivity contribution in [3.8, 4) is 0 Å². The molecule has 0 fully saturated rings. The van der Waals surface area contributed by atoms with E-state index in [1.807, 2.05) is 0 Å². The number of hydrogen-bond donors (Lipinski definition) is 1. The van der Waals surface area contributed by atoms with Crippen LogP contribution < -0.4 is 0 Å². The fourth-order valence-electron chi connectivity index (χ4n) is 1.49. The molecule has 0 bridgehead atoms. The van der Waals surface area contributed by atoms with Crippen molar-refractivity contribution in [2.75, 3.05) is 21.2 Å². The van der Waals surface area contributed by atoms with E-state index < -0.39 is 6.23 Å². The topological polar surface area (TPSA) is 57.4 Å². The molecule has 1 aliphatic rings. The summed E-state index contributed by atoms with van der Waals surface area (Å²) in [6, 6.07) is 0. The maximum atomic E-state index is 9.98. The van der Waals surface area contributed by atoms with Gasteiger partial charge in [0.1, 0.15) is 5.50 Å². The molecule has 0 radical (unpaired) electrons. The molecular weight excluding hydrogens is 254 g/mol. The molecule has 2 unspecified atom stereocenters. The highest BCUT2D eigenvalue weighted by Gasteiger charge is 2.19. The SMILES string of the molecule is CN=C1C=C(C(O)N(C)OC)C=CC1=NC(C)Cl. The molecule has 0 spiro atoms. The molecule has 0 saturated carbocycles. The molecule has 1 rings (SSSR count). The minimum atomic E-state index is -0.849. The smallest absolute Gasteiger partial charge is 0.155 e. The molecule has 0 aromatic carbocycles. The number of hydrogen-bond acceptors (Lipinski definition) is 5. The molecular formula is C12H18ClN3O2. The van der Waals surface area contributed by atoms with E-state index in [-0.39, 0.29) is 5.50 Å². The Balaban J connectivity index is 2.97. The fraction of sp³-hybridized carbons (Fsp3) is 0.500. The van der Waals surface area contributed by atoms with Crippen molar-refractivity contribution in [3.05, 3.63) is 23.8 Å². The Morgan fingerprint density at radius 3 is 2.56 bits per heavy atom. The number of aliphatic imine (C=N–C) groups is 2. The fourth-order valence-corrected chi connectivity index (χ4v) is 1.60. The lowest BCUT2D eigenvalue weighted by Crippen LogP contribution is -2.33. The van der Waals surface area contributed by atoms with Gasteiger partial charge in [-0.15, -0.1) is 0 Å². The molecule has 100 valence electrons. The van der Waals surface area contributed by atoms with Crippen molar-refractivity contribution < 1.29 is 9.94 Å². The number of alkyl halides is 1. The average Bonchev–Trinajstić information content (AvgIpc) is 2.36. The maximum Gasteiger partial charge on any atom is 0.155 e. The normalized spacial score (nSPS) is 23.6. The van der Waals surface area contributed by atoms with Crippen LogP contribution in [0, 0.1) is 0 Å². The number of likely N-dealkylation sites (N-methyl/N-ethyl adjacent to an activating group) is 1. The van der Waals surface area contributed by atoms with Gasteiger partial charge in [-0.3, -0.25) is 14.8 Å². The molecule has 0 aromatic rings. The Morgan fingerprint density at radius 2 is 2.06 bits per heavy atom. The highest BCUT2D eigenvalue weighted by Crippen LogP contribution is 2.14. The first-order valence-electron chi connectivity index (χ1n) is 5.53. The zero-order valence-corrected chi connectivity index (χ0v) is 11.7. The van der Waals surface area contributed by atoms with Crippen LogP contribution in [0.25, 0.3) is 0 Å². The number of allylic oxidation sites excluding steroid dienone is 2. The van der Waals surface area contributed by atoms with Gasteiger partial charge in [0.25, 0.3) is 0 Å². The first-order chi connectivity index (χ1) is 8.49. The van der Waals surface area contributed by atoms with Gasteiger partial charge in [0, 0.05) is 14.1 Å². The lowest BCUT2D eigenvalue weighted by molar-refractivity contribution is -0.187. The van der Waals surface area contributed by atoms with Crippen LogP contribution in [0.15, 0.2) is 33.8 Å². The quantitative estimate of drug-likeness (QED) is 0.276. The largest absolute Gasteiger partial charge is 0.372 e. The van der Waals surface area contributed by atoms with E-state index in [0.29, 0.717) is 17.0 Å². The van der Waals surface area contributed by atoms with Crippen LogP contribution in [-0.2, 0) is 4.84 Å². The third-order valence-electron chi connectivity index (χ3n) is 2.49. The zero-order chi connectivity index (χ0) is 13.7. The second-order valence-corrected chi connectivity index (χ2v) is 4.41. The maximum absolute atomic E-state index is 9.98. The van der Waals surface area contributed by atoms with Gasteiger partial charge in [-0.1, -0.05) is 17.7 Å². The molecule has 0 saturated heterocycles. The first-order valence-corrected chi connectivity index (χ1v) is 5.97. The minimum Gasteiger partial charge on any atom is -0.372 e. The Labute approximate surface area is 112 Å². The van der Waals surface area contributed by atoms with Gasteiger partial charge in [-0.25, -0.2) is 0 Å². The van der Waals surface area contributed by atoms with E-state index in [1.165, 1.54) is 12.2 Å². The highest BCUT2D eigenvalue weighted by molar-refractivity contribution is 6.51. The summed E-state index contributed by atoms with van der Waals surface area (Å²) < 4.78 is 0. The third kappa shape index (κ3) is 3.74. The van der Waals surface area contributed by atoms with Crippen LogP contribution in [0.1, 0.15) is 6.92 Å². The van der Waals surface area contributed by atoms with Gasteiger partial charge in [-0.05, 0) is 24.6 Å². The Morgan fingerprint density at radius 1 is 1.39 bits per heavy atom. The summed E-state index contributed by atoms with van der Waals surface area (Å²) in [5.41, 5.74) is 1.75. The molecule has 1 N–H and O–H groups in total. The summed E-state index contributed by atoms with van der Waals surface area (Å²) in [6.07, 6.45) is 4.46. The number of aliphatic hydroxyl groups excluding tert-OH is 1.